The van der Waals surface area contributed by atoms with Gasteiger partial charge < -0.3 is 10.6 Å². The molecule has 0 spiro atoms. The zero-order chi connectivity index (χ0) is 10.7. The Morgan fingerprint density at radius 1 is 1.47 bits per heavy atom. The van der Waals surface area contributed by atoms with Crippen molar-refractivity contribution in [3.8, 4) is 0 Å². The van der Waals surface area contributed by atoms with E-state index in [0.29, 0.717) is 6.04 Å². The van der Waals surface area contributed by atoms with Crippen molar-refractivity contribution in [1.82, 2.24) is 10.2 Å². The second kappa shape index (κ2) is 4.90. The molecular weight excluding hydrogens is 208 g/mol. The maximum atomic E-state index is 5.65. The number of nitrogens with zero attached hydrogens (tertiary/aromatic N) is 3. The van der Waals surface area contributed by atoms with Crippen LogP contribution in [0.25, 0.3) is 0 Å². The lowest BCUT2D eigenvalue weighted by Gasteiger charge is -2.35. The first-order valence-electron chi connectivity index (χ1n) is 5.58. The summed E-state index contributed by atoms with van der Waals surface area (Å²) in [6.45, 7) is 3.88. The first-order valence-corrected chi connectivity index (χ1v) is 6.39. The number of rotatable bonds is 3. The molecule has 1 unspecified atom stereocenters. The van der Waals surface area contributed by atoms with Crippen LogP contribution in [0.1, 0.15) is 30.7 Å². The third-order valence-electron chi connectivity index (χ3n) is 2.89. The van der Waals surface area contributed by atoms with Crippen LogP contribution in [-0.2, 0) is 0 Å². The van der Waals surface area contributed by atoms with Gasteiger partial charge in [-0.3, -0.25) is 0 Å². The molecule has 1 aliphatic heterocycles. The van der Waals surface area contributed by atoms with E-state index in [1.165, 1.54) is 19.3 Å². The molecule has 15 heavy (non-hydrogen) atoms. The van der Waals surface area contributed by atoms with Gasteiger partial charge in [0.05, 0.1) is 0 Å². The minimum atomic E-state index is 0.580. The molecule has 1 aromatic heterocycles. The maximum Gasteiger partial charge on any atom is 0.208 e. The number of piperidine rings is 1. The molecule has 0 radical (unpaired) electrons. The van der Waals surface area contributed by atoms with E-state index in [0.717, 1.165) is 29.6 Å². The van der Waals surface area contributed by atoms with Crippen molar-refractivity contribution in [2.24, 2.45) is 5.73 Å². The fourth-order valence-electron chi connectivity index (χ4n) is 2.15. The average Bonchev–Trinajstić information content (AvgIpc) is 2.66. The van der Waals surface area contributed by atoms with E-state index in [9.17, 15) is 0 Å². The number of aryl methyl sites for hydroxylation is 1. The Morgan fingerprint density at radius 2 is 2.33 bits per heavy atom. The van der Waals surface area contributed by atoms with Crippen LogP contribution in [0, 0.1) is 6.92 Å². The predicted octanol–water partition coefficient (Wildman–Crippen LogP) is 1.55. The monoisotopic (exact) mass is 226 g/mol. The van der Waals surface area contributed by atoms with Crippen molar-refractivity contribution < 1.29 is 0 Å². The van der Waals surface area contributed by atoms with Gasteiger partial charge in [-0.1, -0.05) is 11.3 Å². The standard InChI is InChI=1S/C10H18N4S/c1-8-12-13-10(15-8)14-7-3-2-4-9(14)5-6-11/h9H,2-7,11H2,1H3. The fourth-order valence-corrected chi connectivity index (χ4v) is 2.93. The Morgan fingerprint density at radius 3 is 3.00 bits per heavy atom. The quantitative estimate of drug-likeness (QED) is 0.849. The predicted molar refractivity (Wildman–Crippen MR) is 63.3 cm³/mol. The molecule has 1 aliphatic rings. The van der Waals surface area contributed by atoms with Crippen molar-refractivity contribution in [3.05, 3.63) is 5.01 Å². The Kier molecular flexibility index (Phi) is 3.53. The van der Waals surface area contributed by atoms with Gasteiger partial charge in [-0.2, -0.15) is 0 Å². The number of hydrogen-bond acceptors (Lipinski definition) is 5. The van der Waals surface area contributed by atoms with Crippen molar-refractivity contribution in [2.45, 2.75) is 38.6 Å². The Labute approximate surface area is 94.5 Å². The highest BCUT2D eigenvalue weighted by molar-refractivity contribution is 7.15. The molecule has 1 saturated heterocycles. The molecular formula is C10H18N4S. The fraction of sp³-hybridized carbons (Fsp3) is 0.800. The van der Waals surface area contributed by atoms with Gasteiger partial charge in [0, 0.05) is 12.6 Å². The molecule has 5 heteroatoms. The molecule has 2 heterocycles. The normalized spacial score (nSPS) is 22.0. The van der Waals surface area contributed by atoms with Crippen LogP contribution in [0.5, 0.6) is 0 Å². The van der Waals surface area contributed by atoms with Gasteiger partial charge >= 0.3 is 0 Å². The highest BCUT2D eigenvalue weighted by Crippen LogP contribution is 2.28. The van der Waals surface area contributed by atoms with Gasteiger partial charge in [0.25, 0.3) is 0 Å². The summed E-state index contributed by atoms with van der Waals surface area (Å²) in [5.41, 5.74) is 5.65. The molecule has 1 atom stereocenters. The maximum absolute atomic E-state index is 5.65. The first kappa shape index (κ1) is 10.8. The molecule has 1 fully saturated rings. The molecule has 0 bridgehead atoms. The van der Waals surface area contributed by atoms with Crippen LogP contribution in [0.3, 0.4) is 0 Å². The number of aromatic nitrogens is 2. The van der Waals surface area contributed by atoms with E-state index in [2.05, 4.69) is 15.1 Å². The zero-order valence-corrected chi connectivity index (χ0v) is 9.96. The molecule has 0 aliphatic carbocycles. The third-order valence-corrected chi connectivity index (χ3v) is 3.76. The van der Waals surface area contributed by atoms with E-state index in [1.807, 2.05) is 6.92 Å². The molecule has 2 rings (SSSR count). The minimum Gasteiger partial charge on any atom is -0.344 e. The van der Waals surface area contributed by atoms with Crippen LogP contribution in [0.4, 0.5) is 5.13 Å². The van der Waals surface area contributed by atoms with Gasteiger partial charge in [0.15, 0.2) is 0 Å². The second-order valence-electron chi connectivity index (χ2n) is 4.02. The summed E-state index contributed by atoms with van der Waals surface area (Å²) in [5.74, 6) is 0. The smallest absolute Gasteiger partial charge is 0.208 e. The molecule has 0 aromatic carbocycles. The average molecular weight is 226 g/mol. The molecule has 1 aromatic rings. The van der Waals surface area contributed by atoms with Gasteiger partial charge in [0.2, 0.25) is 5.13 Å². The van der Waals surface area contributed by atoms with E-state index in [4.69, 9.17) is 5.73 Å². The van der Waals surface area contributed by atoms with Crippen LogP contribution < -0.4 is 10.6 Å². The Bertz CT molecular complexity index is 310. The van der Waals surface area contributed by atoms with E-state index < -0.39 is 0 Å². The molecule has 0 saturated carbocycles. The zero-order valence-electron chi connectivity index (χ0n) is 9.15. The number of hydrogen-bond donors (Lipinski definition) is 1. The van der Waals surface area contributed by atoms with Crippen LogP contribution in [0.2, 0.25) is 0 Å². The topological polar surface area (TPSA) is 55.0 Å². The molecule has 2 N–H and O–H groups in total. The number of anilines is 1. The molecule has 0 amide bonds. The van der Waals surface area contributed by atoms with E-state index in [-0.39, 0.29) is 0 Å². The SMILES string of the molecule is Cc1nnc(N2CCCCC2CCN)s1. The van der Waals surface area contributed by atoms with Crippen molar-refractivity contribution in [3.63, 3.8) is 0 Å². The van der Waals surface area contributed by atoms with Crippen molar-refractivity contribution in [2.75, 3.05) is 18.0 Å². The summed E-state index contributed by atoms with van der Waals surface area (Å²) in [5, 5.41) is 10.4. The highest BCUT2D eigenvalue weighted by Gasteiger charge is 2.24. The summed E-state index contributed by atoms with van der Waals surface area (Å²) < 4.78 is 0. The molecule has 84 valence electrons. The summed E-state index contributed by atoms with van der Waals surface area (Å²) in [6.07, 6.45) is 4.90. The lowest BCUT2D eigenvalue weighted by atomic mass is 10.0. The summed E-state index contributed by atoms with van der Waals surface area (Å²) in [7, 11) is 0. The Hall–Kier alpha value is -0.680. The highest BCUT2D eigenvalue weighted by atomic mass is 32.1. The van der Waals surface area contributed by atoms with E-state index >= 15 is 0 Å². The van der Waals surface area contributed by atoms with Gasteiger partial charge in [-0.15, -0.1) is 10.2 Å². The lowest BCUT2D eigenvalue weighted by molar-refractivity contribution is 0.440. The van der Waals surface area contributed by atoms with E-state index in [1.54, 1.807) is 11.3 Å². The lowest BCUT2D eigenvalue weighted by Crippen LogP contribution is -2.40. The molecule has 4 nitrogen and oxygen atoms in total. The van der Waals surface area contributed by atoms with Crippen LogP contribution in [0.15, 0.2) is 0 Å². The van der Waals surface area contributed by atoms with Gasteiger partial charge in [-0.25, -0.2) is 0 Å². The largest absolute Gasteiger partial charge is 0.344 e. The Balaban J connectivity index is 2.10. The van der Waals surface area contributed by atoms with Gasteiger partial charge in [-0.05, 0) is 39.2 Å². The number of nitrogens with two attached hydrogens (primary N) is 1. The minimum absolute atomic E-state index is 0.580. The van der Waals surface area contributed by atoms with Gasteiger partial charge in [0.1, 0.15) is 5.01 Å². The third kappa shape index (κ3) is 2.46. The first-order chi connectivity index (χ1) is 7.31. The van der Waals surface area contributed by atoms with Crippen LogP contribution >= 0.6 is 11.3 Å². The summed E-state index contributed by atoms with van der Waals surface area (Å²) in [4.78, 5) is 2.39. The summed E-state index contributed by atoms with van der Waals surface area (Å²) in [6, 6.07) is 0.580. The van der Waals surface area contributed by atoms with Crippen molar-refractivity contribution in [1.29, 1.82) is 0 Å². The second-order valence-corrected chi connectivity index (χ2v) is 5.18. The van der Waals surface area contributed by atoms with Crippen molar-refractivity contribution >= 4 is 16.5 Å². The van der Waals surface area contributed by atoms with Crippen LogP contribution in [-0.4, -0.2) is 29.3 Å². The summed E-state index contributed by atoms with van der Waals surface area (Å²) >= 11 is 1.69.